The number of rotatable bonds is 7. The average molecular weight is 433 g/mol. The first-order valence-electron chi connectivity index (χ1n) is 7.47. The number of aromatic nitrogens is 3. The minimum absolute atomic E-state index is 0.0856. The fourth-order valence-corrected chi connectivity index (χ4v) is 3.01. The zero-order valence-corrected chi connectivity index (χ0v) is 16.1. The SMILES string of the molecule is CSc1nnc(C(F)F)n1/N=C/c1ccc(COc2c(Cl)cccc2Cl)o1. The van der Waals surface area contributed by atoms with Crippen LogP contribution in [0.4, 0.5) is 8.78 Å². The highest BCUT2D eigenvalue weighted by atomic mass is 35.5. The van der Waals surface area contributed by atoms with Gasteiger partial charge in [0, 0.05) is 0 Å². The number of halogens is 4. The maximum absolute atomic E-state index is 13.0. The summed E-state index contributed by atoms with van der Waals surface area (Å²) in [5.41, 5.74) is 0. The predicted octanol–water partition coefficient (Wildman–Crippen LogP) is 5.30. The maximum atomic E-state index is 13.0. The summed E-state index contributed by atoms with van der Waals surface area (Å²) in [7, 11) is 0. The lowest BCUT2D eigenvalue weighted by molar-refractivity contribution is 0.135. The third-order valence-electron chi connectivity index (χ3n) is 3.27. The first-order chi connectivity index (χ1) is 13.0. The molecule has 142 valence electrons. The van der Waals surface area contributed by atoms with E-state index in [1.807, 2.05) is 0 Å². The summed E-state index contributed by atoms with van der Waals surface area (Å²) < 4.78 is 38.0. The fraction of sp³-hybridized carbons (Fsp3) is 0.188. The Morgan fingerprint density at radius 3 is 2.67 bits per heavy atom. The lowest BCUT2D eigenvalue weighted by Crippen LogP contribution is -2.00. The number of hydrogen-bond acceptors (Lipinski definition) is 6. The summed E-state index contributed by atoms with van der Waals surface area (Å²) in [6.07, 6.45) is 0.186. The van der Waals surface area contributed by atoms with E-state index in [1.165, 1.54) is 6.21 Å². The Morgan fingerprint density at radius 2 is 2.00 bits per heavy atom. The van der Waals surface area contributed by atoms with Crippen LogP contribution in [0.3, 0.4) is 0 Å². The summed E-state index contributed by atoms with van der Waals surface area (Å²) in [4.78, 5) is 0. The van der Waals surface area contributed by atoms with Gasteiger partial charge in [0.25, 0.3) is 6.43 Å². The molecule has 0 atom stereocenters. The molecule has 0 aliphatic rings. The molecule has 0 amide bonds. The second-order valence-electron chi connectivity index (χ2n) is 5.05. The predicted molar refractivity (Wildman–Crippen MR) is 99.3 cm³/mol. The molecule has 0 saturated carbocycles. The Hall–Kier alpha value is -2.10. The molecule has 0 saturated heterocycles. The van der Waals surface area contributed by atoms with Crippen LogP contribution < -0.4 is 4.74 Å². The van der Waals surface area contributed by atoms with Gasteiger partial charge < -0.3 is 9.15 Å². The van der Waals surface area contributed by atoms with Gasteiger partial charge in [-0.05, 0) is 30.5 Å². The number of alkyl halides is 2. The zero-order valence-electron chi connectivity index (χ0n) is 13.8. The van der Waals surface area contributed by atoms with Crippen molar-refractivity contribution in [2.45, 2.75) is 18.2 Å². The molecule has 0 aliphatic heterocycles. The van der Waals surface area contributed by atoms with E-state index in [0.29, 0.717) is 27.3 Å². The molecule has 0 fully saturated rings. The third kappa shape index (κ3) is 4.60. The first-order valence-corrected chi connectivity index (χ1v) is 9.45. The fourth-order valence-electron chi connectivity index (χ4n) is 2.07. The molecule has 1 aromatic carbocycles. The second kappa shape index (κ2) is 8.73. The number of ether oxygens (including phenoxy) is 1. The molecular formula is C16H12Cl2F2N4O2S. The Bertz CT molecular complexity index is 942. The standard InChI is InChI=1S/C16H12Cl2F2N4O2S/c1-27-16-23-22-15(14(19)20)24(16)21-7-9-5-6-10(26-9)8-25-13-11(17)3-2-4-12(13)18/h2-7,14H,8H2,1H3/b21-7+. The minimum atomic E-state index is -2.79. The summed E-state index contributed by atoms with van der Waals surface area (Å²) in [5, 5.41) is 12.1. The van der Waals surface area contributed by atoms with E-state index in [9.17, 15) is 8.78 Å². The van der Waals surface area contributed by atoms with E-state index in [0.717, 1.165) is 16.4 Å². The quantitative estimate of drug-likeness (QED) is 0.374. The van der Waals surface area contributed by atoms with Gasteiger partial charge in [-0.25, -0.2) is 8.78 Å². The molecule has 0 aliphatic carbocycles. The number of benzene rings is 1. The third-order valence-corrected chi connectivity index (χ3v) is 4.49. The van der Waals surface area contributed by atoms with Gasteiger partial charge in [-0.1, -0.05) is 41.0 Å². The smallest absolute Gasteiger partial charge is 0.299 e. The monoisotopic (exact) mass is 432 g/mol. The van der Waals surface area contributed by atoms with E-state index in [4.69, 9.17) is 32.4 Å². The van der Waals surface area contributed by atoms with Crippen LogP contribution in [0.1, 0.15) is 23.8 Å². The van der Waals surface area contributed by atoms with Crippen LogP contribution in [0.2, 0.25) is 10.0 Å². The van der Waals surface area contributed by atoms with Crippen molar-refractivity contribution in [2.24, 2.45) is 5.10 Å². The van der Waals surface area contributed by atoms with Crippen molar-refractivity contribution >= 4 is 41.2 Å². The van der Waals surface area contributed by atoms with Gasteiger partial charge in [0.05, 0.1) is 16.3 Å². The molecule has 0 bridgehead atoms. The first kappa shape index (κ1) is 19.7. The summed E-state index contributed by atoms with van der Waals surface area (Å²) in [5.74, 6) is 0.636. The Kier molecular flexibility index (Phi) is 6.35. The zero-order chi connectivity index (χ0) is 19.4. The molecule has 11 heteroatoms. The van der Waals surface area contributed by atoms with Crippen LogP contribution in [0.25, 0.3) is 0 Å². The highest BCUT2D eigenvalue weighted by molar-refractivity contribution is 7.98. The van der Waals surface area contributed by atoms with E-state index in [2.05, 4.69) is 15.3 Å². The normalized spacial score (nSPS) is 11.6. The van der Waals surface area contributed by atoms with Gasteiger partial charge in [-0.3, -0.25) is 0 Å². The molecule has 2 heterocycles. The lowest BCUT2D eigenvalue weighted by Gasteiger charge is -2.07. The summed E-state index contributed by atoms with van der Waals surface area (Å²) in [6.45, 7) is 0.0856. The summed E-state index contributed by atoms with van der Waals surface area (Å²) in [6, 6.07) is 8.32. The number of furan rings is 1. The van der Waals surface area contributed by atoms with Crippen molar-refractivity contribution in [3.63, 3.8) is 0 Å². The molecule has 6 nitrogen and oxygen atoms in total. The van der Waals surface area contributed by atoms with Gasteiger partial charge in [0.1, 0.15) is 18.1 Å². The number of nitrogens with zero attached hydrogens (tertiary/aromatic N) is 4. The maximum Gasteiger partial charge on any atom is 0.299 e. The van der Waals surface area contributed by atoms with Gasteiger partial charge in [0.15, 0.2) is 5.75 Å². The summed E-state index contributed by atoms with van der Waals surface area (Å²) >= 11 is 13.2. The van der Waals surface area contributed by atoms with Crippen molar-refractivity contribution in [1.82, 2.24) is 14.9 Å². The van der Waals surface area contributed by atoms with Crippen molar-refractivity contribution in [1.29, 1.82) is 0 Å². The molecule has 0 radical (unpaired) electrons. The molecule has 2 aromatic heterocycles. The van der Waals surface area contributed by atoms with E-state index >= 15 is 0 Å². The molecule has 3 aromatic rings. The van der Waals surface area contributed by atoms with Gasteiger partial charge in [0.2, 0.25) is 11.0 Å². The van der Waals surface area contributed by atoms with Crippen LogP contribution in [0.15, 0.2) is 45.0 Å². The van der Waals surface area contributed by atoms with Crippen molar-refractivity contribution < 1.29 is 17.9 Å². The van der Waals surface area contributed by atoms with Crippen LogP contribution in [0, 0.1) is 0 Å². The van der Waals surface area contributed by atoms with Gasteiger partial charge in [-0.15, -0.1) is 10.2 Å². The van der Waals surface area contributed by atoms with E-state index in [-0.39, 0.29) is 11.8 Å². The Balaban J connectivity index is 1.72. The molecular weight excluding hydrogens is 421 g/mol. The molecule has 27 heavy (non-hydrogen) atoms. The number of hydrogen-bond donors (Lipinski definition) is 0. The Labute approximate surface area is 167 Å². The van der Waals surface area contributed by atoms with E-state index < -0.39 is 12.2 Å². The minimum Gasteiger partial charge on any atom is -0.483 e. The second-order valence-corrected chi connectivity index (χ2v) is 6.63. The molecule has 3 rings (SSSR count). The van der Waals surface area contributed by atoms with E-state index in [1.54, 1.807) is 36.6 Å². The largest absolute Gasteiger partial charge is 0.483 e. The highest BCUT2D eigenvalue weighted by Crippen LogP contribution is 2.33. The van der Waals surface area contributed by atoms with Crippen molar-refractivity contribution in [2.75, 3.05) is 6.26 Å². The highest BCUT2D eigenvalue weighted by Gasteiger charge is 2.19. The van der Waals surface area contributed by atoms with Crippen molar-refractivity contribution in [3.05, 3.63) is 57.7 Å². The van der Waals surface area contributed by atoms with Gasteiger partial charge in [-0.2, -0.15) is 9.78 Å². The average Bonchev–Trinajstić information content (AvgIpc) is 3.25. The van der Waals surface area contributed by atoms with Crippen LogP contribution in [0.5, 0.6) is 5.75 Å². The number of thioether (sulfide) groups is 1. The molecule has 0 N–H and O–H groups in total. The topological polar surface area (TPSA) is 65.4 Å². The Morgan fingerprint density at radius 1 is 1.26 bits per heavy atom. The van der Waals surface area contributed by atoms with Crippen LogP contribution in [-0.2, 0) is 6.61 Å². The van der Waals surface area contributed by atoms with Crippen LogP contribution in [-0.4, -0.2) is 27.3 Å². The molecule has 0 spiro atoms. The van der Waals surface area contributed by atoms with Crippen molar-refractivity contribution in [3.8, 4) is 5.75 Å². The molecule has 0 unspecified atom stereocenters. The number of para-hydroxylation sites is 1. The lowest BCUT2D eigenvalue weighted by atomic mass is 10.3. The van der Waals surface area contributed by atoms with Gasteiger partial charge >= 0.3 is 0 Å². The van der Waals surface area contributed by atoms with Crippen LogP contribution >= 0.6 is 35.0 Å².